The van der Waals surface area contributed by atoms with Gasteiger partial charge in [0.1, 0.15) is 0 Å². The minimum Gasteiger partial charge on any atom is -0.341 e. The van der Waals surface area contributed by atoms with Gasteiger partial charge in [-0.25, -0.2) is 0 Å². The highest BCUT2D eigenvalue weighted by Crippen LogP contribution is 2.46. The van der Waals surface area contributed by atoms with Crippen LogP contribution in [0.1, 0.15) is 47.3 Å². The molecule has 1 aliphatic rings. The molecule has 0 radical (unpaired) electrons. The lowest BCUT2D eigenvalue weighted by molar-refractivity contribution is 0.100. The third kappa shape index (κ3) is 1.51. The van der Waals surface area contributed by atoms with Gasteiger partial charge in [-0.15, -0.1) is 0 Å². The van der Waals surface area contributed by atoms with Gasteiger partial charge in [-0.3, -0.25) is 4.79 Å². The van der Waals surface area contributed by atoms with Crippen LogP contribution in [0.15, 0.2) is 18.2 Å². The number of nitrogens with zero attached hydrogens (tertiary/aromatic N) is 1. The molecule has 0 N–H and O–H groups in total. The minimum absolute atomic E-state index is 0.184. The Labute approximate surface area is 101 Å². The molecule has 1 heterocycles. The maximum atomic E-state index is 11.9. The van der Waals surface area contributed by atoms with Crippen molar-refractivity contribution in [3.05, 3.63) is 35.0 Å². The third-order valence-electron chi connectivity index (χ3n) is 3.71. The fraction of sp³-hybridized carbons (Fsp3) is 0.400. The van der Waals surface area contributed by atoms with Gasteiger partial charge < -0.3 is 4.57 Å². The van der Waals surface area contributed by atoms with Gasteiger partial charge in [-0.05, 0) is 43.4 Å². The molecule has 2 heteroatoms. The van der Waals surface area contributed by atoms with Gasteiger partial charge in [0.05, 0.1) is 5.69 Å². The maximum Gasteiger partial charge on any atom is 0.176 e. The Morgan fingerprint density at radius 1 is 1.35 bits per heavy atom. The second-order valence-corrected chi connectivity index (χ2v) is 5.17. The van der Waals surface area contributed by atoms with E-state index < -0.39 is 0 Å². The lowest BCUT2D eigenvalue weighted by atomic mass is 10.0. The molecular weight excluding hydrogens is 210 g/mol. The van der Waals surface area contributed by atoms with Gasteiger partial charge >= 0.3 is 0 Å². The first-order valence-corrected chi connectivity index (χ1v) is 6.19. The fourth-order valence-corrected chi connectivity index (χ4v) is 2.80. The van der Waals surface area contributed by atoms with Gasteiger partial charge in [0, 0.05) is 24.9 Å². The number of fused-ring (bicyclic) bond motifs is 1. The van der Waals surface area contributed by atoms with E-state index in [4.69, 9.17) is 0 Å². The quantitative estimate of drug-likeness (QED) is 0.719. The monoisotopic (exact) mass is 227 g/mol. The lowest BCUT2D eigenvalue weighted by Crippen LogP contribution is -2.04. The van der Waals surface area contributed by atoms with Crippen LogP contribution in [0.4, 0.5) is 0 Å². The second kappa shape index (κ2) is 3.46. The Morgan fingerprint density at radius 3 is 2.65 bits per heavy atom. The Morgan fingerprint density at radius 2 is 2.06 bits per heavy atom. The van der Waals surface area contributed by atoms with Crippen molar-refractivity contribution in [2.24, 2.45) is 7.05 Å². The van der Waals surface area contributed by atoms with Crippen LogP contribution in [0, 0.1) is 6.92 Å². The first kappa shape index (κ1) is 10.6. The Balaban J connectivity index is 2.41. The summed E-state index contributed by atoms with van der Waals surface area (Å²) >= 11 is 0. The van der Waals surface area contributed by atoms with E-state index in [9.17, 15) is 4.79 Å². The summed E-state index contributed by atoms with van der Waals surface area (Å²) in [6.07, 6.45) is 2.46. The summed E-state index contributed by atoms with van der Waals surface area (Å²) in [5, 5.41) is 1.28. The van der Waals surface area contributed by atoms with E-state index >= 15 is 0 Å². The van der Waals surface area contributed by atoms with Gasteiger partial charge in [0.2, 0.25) is 0 Å². The number of ketones is 1. The molecule has 0 aliphatic heterocycles. The highest BCUT2D eigenvalue weighted by atomic mass is 16.1. The van der Waals surface area contributed by atoms with E-state index in [1.54, 1.807) is 6.92 Å². The van der Waals surface area contributed by atoms with Gasteiger partial charge in [0.15, 0.2) is 5.78 Å². The first-order chi connectivity index (χ1) is 8.09. The van der Waals surface area contributed by atoms with Gasteiger partial charge in [-0.2, -0.15) is 0 Å². The van der Waals surface area contributed by atoms with Gasteiger partial charge in [0.25, 0.3) is 0 Å². The summed E-state index contributed by atoms with van der Waals surface area (Å²) in [5.74, 6) is 0.794. The summed E-state index contributed by atoms with van der Waals surface area (Å²) in [7, 11) is 2.00. The molecule has 0 bridgehead atoms. The maximum absolute atomic E-state index is 11.9. The highest BCUT2D eigenvalue weighted by molar-refractivity contribution is 6.02. The van der Waals surface area contributed by atoms with Crippen LogP contribution in [0.2, 0.25) is 0 Å². The van der Waals surface area contributed by atoms with Crippen molar-refractivity contribution in [1.82, 2.24) is 4.57 Å². The second-order valence-electron chi connectivity index (χ2n) is 5.17. The van der Waals surface area contributed by atoms with Crippen LogP contribution in [0.5, 0.6) is 0 Å². The Bertz CT molecular complexity index is 617. The van der Waals surface area contributed by atoms with E-state index in [1.165, 1.54) is 34.9 Å². The molecule has 1 aliphatic carbocycles. The summed E-state index contributed by atoms with van der Waals surface area (Å²) in [5.41, 5.74) is 4.65. The van der Waals surface area contributed by atoms with Crippen molar-refractivity contribution >= 4 is 16.7 Å². The topological polar surface area (TPSA) is 22.0 Å². The van der Waals surface area contributed by atoms with E-state index in [0.29, 0.717) is 5.92 Å². The van der Waals surface area contributed by atoms with E-state index in [-0.39, 0.29) is 5.78 Å². The summed E-state index contributed by atoms with van der Waals surface area (Å²) < 4.78 is 2.06. The number of aromatic nitrogens is 1. The molecular formula is C15H17NO. The molecule has 0 unspecified atom stereocenters. The number of benzene rings is 1. The molecule has 2 aromatic rings. The number of rotatable bonds is 2. The number of aryl methyl sites for hydroxylation is 2. The average molecular weight is 227 g/mol. The van der Waals surface area contributed by atoms with E-state index in [1.807, 2.05) is 7.05 Å². The SMILES string of the molecule is CC(=O)c1c(C2CC2)c2cc(C)ccc2n1C. The Hall–Kier alpha value is -1.57. The van der Waals surface area contributed by atoms with E-state index in [0.717, 1.165) is 5.69 Å². The largest absolute Gasteiger partial charge is 0.341 e. The predicted molar refractivity (Wildman–Crippen MR) is 69.6 cm³/mol. The molecule has 88 valence electrons. The fourth-order valence-electron chi connectivity index (χ4n) is 2.80. The number of Topliss-reactive ketones (excluding diaryl/α,β-unsaturated/α-hetero) is 1. The molecule has 1 aromatic heterocycles. The third-order valence-corrected chi connectivity index (χ3v) is 3.71. The molecule has 3 rings (SSSR count). The number of hydrogen-bond acceptors (Lipinski definition) is 1. The average Bonchev–Trinajstić information content (AvgIpc) is 3.04. The molecule has 0 spiro atoms. The van der Waals surface area contributed by atoms with Crippen LogP contribution in [-0.4, -0.2) is 10.4 Å². The molecule has 1 saturated carbocycles. The van der Waals surface area contributed by atoms with E-state index in [2.05, 4.69) is 29.7 Å². The zero-order chi connectivity index (χ0) is 12.2. The lowest BCUT2D eigenvalue weighted by Gasteiger charge is -2.02. The summed E-state index contributed by atoms with van der Waals surface area (Å²) in [6.45, 7) is 3.78. The van der Waals surface area contributed by atoms with Crippen molar-refractivity contribution in [2.75, 3.05) is 0 Å². The van der Waals surface area contributed by atoms with Crippen molar-refractivity contribution < 1.29 is 4.79 Å². The number of carbonyl (C=O) groups is 1. The Kier molecular flexibility index (Phi) is 2.15. The highest BCUT2D eigenvalue weighted by Gasteiger charge is 2.31. The standard InChI is InChI=1S/C15H17NO/c1-9-4-7-13-12(8-9)14(11-5-6-11)15(10(2)17)16(13)3/h4,7-8,11H,5-6H2,1-3H3. The van der Waals surface area contributed by atoms with Crippen LogP contribution >= 0.6 is 0 Å². The summed E-state index contributed by atoms with van der Waals surface area (Å²) in [6, 6.07) is 6.46. The number of hydrogen-bond donors (Lipinski definition) is 0. The van der Waals surface area contributed by atoms with Crippen molar-refractivity contribution in [2.45, 2.75) is 32.6 Å². The predicted octanol–water partition coefficient (Wildman–Crippen LogP) is 3.57. The first-order valence-electron chi connectivity index (χ1n) is 6.19. The van der Waals surface area contributed by atoms with Crippen molar-refractivity contribution in [1.29, 1.82) is 0 Å². The molecule has 1 fully saturated rings. The molecule has 1 aromatic carbocycles. The zero-order valence-electron chi connectivity index (χ0n) is 10.6. The number of carbonyl (C=O) groups excluding carboxylic acids is 1. The molecule has 0 saturated heterocycles. The molecule has 0 amide bonds. The molecule has 0 atom stereocenters. The van der Waals surface area contributed by atoms with Crippen molar-refractivity contribution in [3.63, 3.8) is 0 Å². The normalized spacial score (nSPS) is 15.5. The van der Waals surface area contributed by atoms with Crippen LogP contribution in [-0.2, 0) is 7.05 Å². The van der Waals surface area contributed by atoms with Crippen LogP contribution < -0.4 is 0 Å². The summed E-state index contributed by atoms with van der Waals surface area (Å²) in [4.78, 5) is 11.9. The molecule has 2 nitrogen and oxygen atoms in total. The zero-order valence-corrected chi connectivity index (χ0v) is 10.6. The minimum atomic E-state index is 0.184. The van der Waals surface area contributed by atoms with Crippen LogP contribution in [0.3, 0.4) is 0 Å². The smallest absolute Gasteiger partial charge is 0.176 e. The molecule has 17 heavy (non-hydrogen) atoms. The van der Waals surface area contributed by atoms with Crippen LogP contribution in [0.25, 0.3) is 10.9 Å². The van der Waals surface area contributed by atoms with Crippen molar-refractivity contribution in [3.8, 4) is 0 Å². The van der Waals surface area contributed by atoms with Gasteiger partial charge in [-0.1, -0.05) is 11.6 Å².